The lowest BCUT2D eigenvalue weighted by molar-refractivity contribution is -0.870. The SMILES string of the molecule is CC/C=C\C/C=C\C/C=C\C/C=C\C/C=C\CCCC(=O)OC[C@H](COP(=O)([O-])OCC[N+](C)(C)C)OC(=O)CCCCCCCC1OC1C/C=C\CCCCC. The molecule has 57 heavy (non-hydrogen) atoms. The third kappa shape index (κ3) is 35.1. The van der Waals surface area contributed by atoms with E-state index in [0.717, 1.165) is 83.5 Å². The summed E-state index contributed by atoms with van der Waals surface area (Å²) in [4.78, 5) is 37.5. The second-order valence-corrected chi connectivity index (χ2v) is 17.1. The highest BCUT2D eigenvalue weighted by Crippen LogP contribution is 2.38. The summed E-state index contributed by atoms with van der Waals surface area (Å²) in [6.07, 6.45) is 43.8. The molecule has 0 N–H and O–H groups in total. The molecule has 0 radical (unpaired) electrons. The molecule has 0 saturated carbocycles. The molecular formula is C46H78NO9P. The highest BCUT2D eigenvalue weighted by Gasteiger charge is 2.36. The number of nitrogens with zero attached hydrogens (tertiary/aromatic N) is 1. The number of esters is 2. The van der Waals surface area contributed by atoms with Crippen LogP contribution >= 0.6 is 7.82 Å². The number of carbonyl (C=O) groups is 2. The Morgan fingerprint density at radius 2 is 1.25 bits per heavy atom. The molecule has 0 bridgehead atoms. The predicted molar refractivity (Wildman–Crippen MR) is 230 cm³/mol. The van der Waals surface area contributed by atoms with E-state index in [-0.39, 0.29) is 26.1 Å². The van der Waals surface area contributed by atoms with E-state index in [4.69, 9.17) is 23.3 Å². The molecule has 1 aliphatic rings. The van der Waals surface area contributed by atoms with Gasteiger partial charge in [-0.15, -0.1) is 0 Å². The summed E-state index contributed by atoms with van der Waals surface area (Å²) < 4.78 is 39.6. The van der Waals surface area contributed by atoms with E-state index in [1.807, 2.05) is 27.2 Å². The second kappa shape index (κ2) is 34.3. The first-order valence-corrected chi connectivity index (χ1v) is 23.2. The lowest BCUT2D eigenvalue weighted by Crippen LogP contribution is -2.37. The lowest BCUT2D eigenvalue weighted by atomic mass is 10.1. The number of carbonyl (C=O) groups excluding carboxylic acids is 2. The summed E-state index contributed by atoms with van der Waals surface area (Å²) in [5.41, 5.74) is 0. The van der Waals surface area contributed by atoms with Crippen LogP contribution in [0.2, 0.25) is 0 Å². The fourth-order valence-electron chi connectivity index (χ4n) is 5.64. The molecule has 1 heterocycles. The van der Waals surface area contributed by atoms with Crippen LogP contribution in [0.4, 0.5) is 0 Å². The Labute approximate surface area is 346 Å². The molecular weight excluding hydrogens is 741 g/mol. The van der Waals surface area contributed by atoms with Crippen LogP contribution < -0.4 is 4.89 Å². The van der Waals surface area contributed by atoms with Crippen molar-refractivity contribution >= 4 is 19.8 Å². The Bertz CT molecular complexity index is 1270. The molecule has 0 amide bonds. The summed E-state index contributed by atoms with van der Waals surface area (Å²) in [7, 11) is 1.10. The maximum atomic E-state index is 12.7. The van der Waals surface area contributed by atoms with E-state index in [0.29, 0.717) is 36.1 Å². The molecule has 326 valence electrons. The molecule has 0 aromatic rings. The number of hydrogen-bond acceptors (Lipinski definition) is 9. The molecule has 1 saturated heterocycles. The van der Waals surface area contributed by atoms with E-state index in [2.05, 4.69) is 80.7 Å². The summed E-state index contributed by atoms with van der Waals surface area (Å²) in [6, 6.07) is 0. The molecule has 1 fully saturated rings. The van der Waals surface area contributed by atoms with Gasteiger partial charge in [0.15, 0.2) is 6.10 Å². The Morgan fingerprint density at radius 3 is 1.89 bits per heavy atom. The molecule has 0 aromatic carbocycles. The van der Waals surface area contributed by atoms with Gasteiger partial charge in [0.05, 0.1) is 40.0 Å². The van der Waals surface area contributed by atoms with Gasteiger partial charge in [-0.1, -0.05) is 125 Å². The largest absolute Gasteiger partial charge is 0.756 e. The van der Waals surface area contributed by atoms with Gasteiger partial charge in [0.25, 0.3) is 7.82 Å². The third-order valence-electron chi connectivity index (χ3n) is 9.13. The maximum absolute atomic E-state index is 12.7. The monoisotopic (exact) mass is 820 g/mol. The van der Waals surface area contributed by atoms with Crippen molar-refractivity contribution in [2.45, 2.75) is 161 Å². The van der Waals surface area contributed by atoms with Crippen LogP contribution in [0, 0.1) is 0 Å². The highest BCUT2D eigenvalue weighted by molar-refractivity contribution is 7.45. The number of hydrogen-bond donors (Lipinski definition) is 0. The number of rotatable bonds is 37. The number of likely N-dealkylation sites (N-methyl/N-ethyl adjacent to an activating group) is 1. The topological polar surface area (TPSA) is 124 Å². The zero-order valence-corrected chi connectivity index (χ0v) is 37.1. The third-order valence-corrected chi connectivity index (χ3v) is 10.1. The minimum absolute atomic E-state index is 0.0492. The van der Waals surface area contributed by atoms with Gasteiger partial charge in [0.2, 0.25) is 0 Å². The zero-order chi connectivity index (χ0) is 41.9. The Morgan fingerprint density at radius 1 is 0.667 bits per heavy atom. The molecule has 0 aromatic heterocycles. The molecule has 0 aliphatic carbocycles. The summed E-state index contributed by atoms with van der Waals surface area (Å²) >= 11 is 0. The fraction of sp³-hybridized carbons (Fsp3) is 0.696. The van der Waals surface area contributed by atoms with Crippen LogP contribution in [0.5, 0.6) is 0 Å². The maximum Gasteiger partial charge on any atom is 0.306 e. The molecule has 3 unspecified atom stereocenters. The smallest absolute Gasteiger partial charge is 0.306 e. The van der Waals surface area contributed by atoms with Crippen LogP contribution in [-0.2, 0) is 37.4 Å². The van der Waals surface area contributed by atoms with Crippen LogP contribution in [0.25, 0.3) is 0 Å². The van der Waals surface area contributed by atoms with Gasteiger partial charge in [-0.05, 0) is 77.0 Å². The van der Waals surface area contributed by atoms with Crippen molar-refractivity contribution in [3.63, 3.8) is 0 Å². The molecule has 1 rings (SSSR count). The van der Waals surface area contributed by atoms with Gasteiger partial charge in [0.1, 0.15) is 19.8 Å². The number of ether oxygens (including phenoxy) is 3. The van der Waals surface area contributed by atoms with Gasteiger partial charge in [0, 0.05) is 12.8 Å². The van der Waals surface area contributed by atoms with E-state index >= 15 is 0 Å². The van der Waals surface area contributed by atoms with Crippen molar-refractivity contribution in [3.05, 3.63) is 72.9 Å². The van der Waals surface area contributed by atoms with Crippen molar-refractivity contribution in [1.29, 1.82) is 0 Å². The van der Waals surface area contributed by atoms with E-state index < -0.39 is 32.5 Å². The number of phosphoric acid groups is 1. The van der Waals surface area contributed by atoms with Crippen LogP contribution in [0.15, 0.2) is 72.9 Å². The standard InChI is InChI=1S/C46H78NO9P/c1-6-8-10-12-14-15-16-17-18-19-20-21-22-23-24-28-32-36-45(48)52-40-42(41-54-57(50,51)53-39-38-47(3,4)5)55-46(49)37-33-29-25-27-31-35-44-43(56-44)34-30-26-13-11-9-7-2/h8,10,14-15,17-18,20-21,23-24,26,30,42-44H,6-7,9,11-13,16,19,22,25,27-29,31-41H2,1-5H3/b10-8-,15-14-,18-17-,21-20-,24-23-,30-26-/t42-,43?,44?/m1/s1. The van der Waals surface area contributed by atoms with Crippen LogP contribution in [0.1, 0.15) is 142 Å². The Kier molecular flexibility index (Phi) is 31.5. The number of allylic oxidation sites excluding steroid dienone is 11. The average molecular weight is 820 g/mol. The highest BCUT2D eigenvalue weighted by atomic mass is 31.2. The van der Waals surface area contributed by atoms with E-state index in [1.165, 1.54) is 19.3 Å². The first-order chi connectivity index (χ1) is 27.5. The molecule has 1 aliphatic heterocycles. The minimum atomic E-state index is -4.65. The second-order valence-electron chi connectivity index (χ2n) is 15.7. The van der Waals surface area contributed by atoms with Crippen molar-refractivity contribution < 1.29 is 46.8 Å². The minimum Gasteiger partial charge on any atom is -0.756 e. The number of epoxide rings is 1. The number of phosphoric ester groups is 1. The Balaban J connectivity index is 2.35. The summed E-state index contributed by atoms with van der Waals surface area (Å²) in [5.74, 6) is -0.934. The van der Waals surface area contributed by atoms with E-state index in [9.17, 15) is 19.0 Å². The van der Waals surface area contributed by atoms with Crippen molar-refractivity contribution in [2.24, 2.45) is 0 Å². The van der Waals surface area contributed by atoms with Gasteiger partial charge in [-0.25, -0.2) is 0 Å². The van der Waals surface area contributed by atoms with Crippen LogP contribution in [0.3, 0.4) is 0 Å². The average Bonchev–Trinajstić information content (AvgIpc) is 3.92. The number of quaternary nitrogens is 1. The van der Waals surface area contributed by atoms with Crippen molar-refractivity contribution in [1.82, 2.24) is 0 Å². The van der Waals surface area contributed by atoms with Crippen LogP contribution in [-0.4, -0.2) is 82.2 Å². The van der Waals surface area contributed by atoms with Gasteiger partial charge in [-0.3, -0.25) is 14.2 Å². The number of unbranched alkanes of at least 4 members (excludes halogenated alkanes) is 8. The normalized spacial score (nSPS) is 17.9. The van der Waals surface area contributed by atoms with Crippen molar-refractivity contribution in [2.75, 3.05) is 47.5 Å². The quantitative estimate of drug-likeness (QED) is 0.0150. The molecule has 0 spiro atoms. The first-order valence-electron chi connectivity index (χ1n) is 21.8. The molecule has 4 atom stereocenters. The van der Waals surface area contributed by atoms with Gasteiger partial charge >= 0.3 is 11.9 Å². The summed E-state index contributed by atoms with van der Waals surface area (Å²) in [6.45, 7) is 3.96. The fourth-order valence-corrected chi connectivity index (χ4v) is 6.36. The molecule has 11 heteroatoms. The Hall–Kier alpha value is -2.59. The van der Waals surface area contributed by atoms with Gasteiger partial charge in [-0.2, -0.15) is 0 Å². The first kappa shape index (κ1) is 52.4. The van der Waals surface area contributed by atoms with Gasteiger partial charge < -0.3 is 32.6 Å². The zero-order valence-electron chi connectivity index (χ0n) is 36.2. The summed E-state index contributed by atoms with van der Waals surface area (Å²) in [5, 5.41) is 0. The molecule has 10 nitrogen and oxygen atoms in total. The lowest BCUT2D eigenvalue weighted by Gasteiger charge is -2.28. The van der Waals surface area contributed by atoms with E-state index in [1.54, 1.807) is 0 Å². The van der Waals surface area contributed by atoms with Crippen molar-refractivity contribution in [3.8, 4) is 0 Å². The predicted octanol–water partition coefficient (Wildman–Crippen LogP) is 10.6.